The fraction of sp³-hybridized carbons (Fsp3) is 0.368. The number of halogens is 1. The zero-order valence-corrected chi connectivity index (χ0v) is 15.2. The summed E-state index contributed by atoms with van der Waals surface area (Å²) in [4.78, 5) is 10.9. The molecule has 2 aromatic heterocycles. The summed E-state index contributed by atoms with van der Waals surface area (Å²) in [6, 6.07) is 2.11. The SMILES string of the molecule is [2H]C([2H])([2H])Oc1cc(OC([2H])([2H])[2H])c(F)c(C2CCc3c(-c4c([N+](=O)[O-])cnn4C)n[nH]c3C2)c1. The van der Waals surface area contributed by atoms with Crippen molar-refractivity contribution in [1.82, 2.24) is 20.0 Å². The van der Waals surface area contributed by atoms with Gasteiger partial charge in [0.15, 0.2) is 17.3 Å². The van der Waals surface area contributed by atoms with E-state index in [0.29, 0.717) is 24.2 Å². The fourth-order valence-electron chi connectivity index (χ4n) is 3.83. The lowest BCUT2D eigenvalue weighted by Gasteiger charge is -2.24. The van der Waals surface area contributed by atoms with E-state index in [1.54, 1.807) is 7.05 Å². The van der Waals surface area contributed by atoms with Crippen LogP contribution >= 0.6 is 0 Å². The molecule has 1 N–H and O–H groups in total. The van der Waals surface area contributed by atoms with Crippen LogP contribution in [0.1, 0.15) is 37.4 Å². The lowest BCUT2D eigenvalue weighted by molar-refractivity contribution is -0.384. The van der Waals surface area contributed by atoms with Crippen LogP contribution < -0.4 is 9.47 Å². The molecule has 0 saturated heterocycles. The van der Waals surface area contributed by atoms with E-state index in [0.717, 1.165) is 17.8 Å². The van der Waals surface area contributed by atoms with E-state index in [2.05, 4.69) is 15.3 Å². The van der Waals surface area contributed by atoms with E-state index >= 15 is 4.39 Å². The first-order valence-corrected chi connectivity index (χ1v) is 8.68. The molecule has 1 aliphatic carbocycles. The summed E-state index contributed by atoms with van der Waals surface area (Å²) in [5.74, 6) is -2.35. The van der Waals surface area contributed by atoms with Gasteiger partial charge in [0.05, 0.1) is 27.2 Å². The summed E-state index contributed by atoms with van der Waals surface area (Å²) in [7, 11) is -4.25. The molecule has 152 valence electrons. The maximum Gasteiger partial charge on any atom is 0.316 e. The Labute approximate surface area is 174 Å². The lowest BCUT2D eigenvalue weighted by atomic mass is 9.81. The van der Waals surface area contributed by atoms with Crippen LogP contribution in [0.25, 0.3) is 11.4 Å². The number of aryl methyl sites for hydroxylation is 1. The number of nitrogens with one attached hydrogen (secondary N) is 1. The molecule has 0 bridgehead atoms. The minimum absolute atomic E-state index is 0.0271. The molecular weight excluding hydrogens is 381 g/mol. The van der Waals surface area contributed by atoms with Gasteiger partial charge in [0.2, 0.25) is 0 Å². The van der Waals surface area contributed by atoms with Crippen LogP contribution in [0.15, 0.2) is 18.3 Å². The van der Waals surface area contributed by atoms with Crippen molar-refractivity contribution in [2.45, 2.75) is 25.2 Å². The van der Waals surface area contributed by atoms with Gasteiger partial charge in [-0.3, -0.25) is 19.9 Å². The summed E-state index contributed by atoms with van der Waals surface area (Å²) in [6.07, 6.45) is 2.11. The number of nitrogens with zero attached hydrogens (tertiary/aromatic N) is 4. The molecule has 0 fully saturated rings. The van der Waals surface area contributed by atoms with Gasteiger partial charge in [0, 0.05) is 24.4 Å². The molecule has 0 radical (unpaired) electrons. The Balaban J connectivity index is 1.71. The number of aromatic amines is 1. The van der Waals surface area contributed by atoms with Gasteiger partial charge in [-0.15, -0.1) is 0 Å². The Kier molecular flexibility index (Phi) is 3.20. The molecule has 1 unspecified atom stereocenters. The Morgan fingerprint density at radius 2 is 2.24 bits per heavy atom. The second kappa shape index (κ2) is 7.19. The second-order valence-corrected chi connectivity index (χ2v) is 6.76. The Morgan fingerprint density at radius 3 is 3.00 bits per heavy atom. The van der Waals surface area contributed by atoms with E-state index in [9.17, 15) is 10.1 Å². The van der Waals surface area contributed by atoms with Crippen molar-refractivity contribution < 1.29 is 27.0 Å². The van der Waals surface area contributed by atoms with Crippen molar-refractivity contribution in [3.05, 3.63) is 51.1 Å². The molecule has 9 nitrogen and oxygen atoms in total. The van der Waals surface area contributed by atoms with Gasteiger partial charge in [-0.2, -0.15) is 10.2 Å². The summed E-state index contributed by atoms with van der Waals surface area (Å²) >= 11 is 0. The van der Waals surface area contributed by atoms with Crippen molar-refractivity contribution in [3.63, 3.8) is 0 Å². The molecule has 1 atom stereocenters. The third-order valence-electron chi connectivity index (χ3n) is 5.20. The van der Waals surface area contributed by atoms with Gasteiger partial charge >= 0.3 is 5.69 Å². The van der Waals surface area contributed by atoms with Gasteiger partial charge in [-0.05, 0) is 36.8 Å². The molecule has 10 heteroatoms. The molecule has 3 aromatic rings. The molecule has 1 aliphatic rings. The zero-order valence-electron chi connectivity index (χ0n) is 21.2. The van der Waals surface area contributed by atoms with Crippen molar-refractivity contribution in [1.29, 1.82) is 0 Å². The van der Waals surface area contributed by atoms with Gasteiger partial charge in [-0.1, -0.05) is 0 Å². The fourth-order valence-corrected chi connectivity index (χ4v) is 3.83. The number of methoxy groups -OCH3 is 2. The largest absolute Gasteiger partial charge is 0.497 e. The van der Waals surface area contributed by atoms with Gasteiger partial charge in [-0.25, -0.2) is 4.39 Å². The summed E-state index contributed by atoms with van der Waals surface area (Å²) < 4.78 is 70.1. The lowest BCUT2D eigenvalue weighted by Crippen LogP contribution is -2.14. The summed E-state index contributed by atoms with van der Waals surface area (Å²) in [6.45, 7) is 0. The highest BCUT2D eigenvalue weighted by molar-refractivity contribution is 5.70. The molecule has 29 heavy (non-hydrogen) atoms. The van der Waals surface area contributed by atoms with Gasteiger partial charge in [0.1, 0.15) is 17.6 Å². The van der Waals surface area contributed by atoms with Crippen molar-refractivity contribution in [2.24, 2.45) is 7.05 Å². The predicted octanol–water partition coefficient (Wildman–Crippen LogP) is 3.15. The van der Waals surface area contributed by atoms with E-state index in [1.807, 2.05) is 0 Å². The second-order valence-electron chi connectivity index (χ2n) is 6.76. The Hall–Kier alpha value is -3.43. The highest BCUT2D eigenvalue weighted by Gasteiger charge is 2.32. The maximum absolute atomic E-state index is 15.3. The van der Waals surface area contributed by atoms with Crippen molar-refractivity contribution >= 4 is 5.69 Å². The topological polar surface area (TPSA) is 108 Å². The number of benzene rings is 1. The minimum Gasteiger partial charge on any atom is -0.497 e. The first kappa shape index (κ1) is 12.9. The van der Waals surface area contributed by atoms with Crippen LogP contribution in [0, 0.1) is 15.9 Å². The number of hydrogen-bond donors (Lipinski definition) is 1. The van der Waals surface area contributed by atoms with E-state index in [-0.39, 0.29) is 29.1 Å². The van der Waals surface area contributed by atoms with Crippen LogP contribution in [0.2, 0.25) is 0 Å². The van der Waals surface area contributed by atoms with Crippen LogP contribution in [0.4, 0.5) is 10.1 Å². The molecule has 2 heterocycles. The third-order valence-corrected chi connectivity index (χ3v) is 5.20. The molecule has 0 saturated carbocycles. The monoisotopic (exact) mass is 407 g/mol. The number of ether oxygens (including phenoxy) is 2. The smallest absolute Gasteiger partial charge is 0.316 e. The average Bonchev–Trinajstić information content (AvgIpc) is 3.30. The average molecular weight is 407 g/mol. The molecular formula is C19H20FN5O4. The quantitative estimate of drug-likeness (QED) is 0.514. The van der Waals surface area contributed by atoms with Crippen molar-refractivity contribution in [3.8, 4) is 22.9 Å². The standard InChI is InChI=1S/C19H20FN5O4/c1-24-19(15(9-21-24)25(26)27)18-12-5-4-10(6-14(12)22-23-18)13-7-11(28-2)8-16(29-3)17(13)20/h7-10H,4-6H2,1-3H3,(H,22,23)/i2D3,3D3. The molecule has 0 spiro atoms. The van der Waals surface area contributed by atoms with Crippen LogP contribution in [0.5, 0.6) is 11.5 Å². The van der Waals surface area contributed by atoms with Crippen LogP contribution in [0.3, 0.4) is 0 Å². The Morgan fingerprint density at radius 1 is 1.41 bits per heavy atom. The van der Waals surface area contributed by atoms with E-state index in [1.165, 1.54) is 10.7 Å². The first-order valence-electron chi connectivity index (χ1n) is 11.7. The van der Waals surface area contributed by atoms with Gasteiger partial charge < -0.3 is 9.47 Å². The van der Waals surface area contributed by atoms with E-state index < -0.39 is 36.5 Å². The van der Waals surface area contributed by atoms with Crippen LogP contribution in [-0.4, -0.2) is 39.0 Å². The molecule has 4 rings (SSSR count). The third kappa shape index (κ3) is 3.10. The number of H-pyrrole nitrogens is 1. The maximum atomic E-state index is 15.3. The number of nitro groups is 1. The Bertz CT molecular complexity index is 1290. The highest BCUT2D eigenvalue weighted by Crippen LogP contribution is 2.41. The molecule has 0 amide bonds. The summed E-state index contributed by atoms with van der Waals surface area (Å²) in [5, 5.41) is 22.4. The zero-order chi connectivity index (χ0) is 25.7. The number of aromatic nitrogens is 4. The summed E-state index contributed by atoms with van der Waals surface area (Å²) in [5.41, 5.74) is 1.78. The van der Waals surface area contributed by atoms with Gasteiger partial charge in [0.25, 0.3) is 0 Å². The molecule has 0 aliphatic heterocycles. The number of rotatable bonds is 5. The van der Waals surface area contributed by atoms with Crippen LogP contribution in [-0.2, 0) is 19.9 Å². The minimum atomic E-state index is -2.97. The first-order chi connectivity index (χ1) is 16.2. The number of fused-ring (bicyclic) bond motifs is 1. The molecule has 1 aromatic carbocycles. The van der Waals surface area contributed by atoms with E-state index in [4.69, 9.17) is 17.7 Å². The van der Waals surface area contributed by atoms with Crippen molar-refractivity contribution in [2.75, 3.05) is 14.1 Å². The number of hydrogen-bond acceptors (Lipinski definition) is 6. The highest BCUT2D eigenvalue weighted by atomic mass is 19.1. The normalized spacial score (nSPS) is 19.7. The predicted molar refractivity (Wildman–Crippen MR) is 102 cm³/mol.